The summed E-state index contributed by atoms with van der Waals surface area (Å²) in [6.07, 6.45) is -2.56. The Kier molecular flexibility index (Phi) is 7.77. The molecule has 1 aromatic rings. The van der Waals surface area contributed by atoms with Gasteiger partial charge in [-0.3, -0.25) is 18.9 Å². The van der Waals surface area contributed by atoms with Gasteiger partial charge in [-0.25, -0.2) is 18.5 Å². The van der Waals surface area contributed by atoms with Gasteiger partial charge in [0, 0.05) is 0 Å². The summed E-state index contributed by atoms with van der Waals surface area (Å²) in [6, 6.07) is 0. The van der Waals surface area contributed by atoms with Crippen molar-refractivity contribution < 1.29 is 65.8 Å². The largest absolute Gasteiger partial charge is 0.490 e. The molecule has 2 rings (SSSR count). The minimum Gasteiger partial charge on any atom is -0.386 e. The van der Waals surface area contributed by atoms with E-state index in [1.165, 1.54) is 0 Å². The SMILES string of the molecule is C#CC1(O)[C@@H](O)[C@@H]([C@@H](C)OP(=O)(O)OP(=O)(O)OP(=O)(O)O)O[C@H]1n1cc(F)c(=O)[nH]c1=O. The highest BCUT2D eigenvalue weighted by Crippen LogP contribution is 2.66. The highest BCUT2D eigenvalue weighted by molar-refractivity contribution is 7.66. The maximum absolute atomic E-state index is 13.6. The van der Waals surface area contributed by atoms with Crippen LogP contribution in [-0.4, -0.2) is 63.3 Å². The molecule has 1 aliphatic heterocycles. The van der Waals surface area contributed by atoms with Crippen molar-refractivity contribution in [2.75, 3.05) is 0 Å². The van der Waals surface area contributed by atoms with Crippen LogP contribution in [0.1, 0.15) is 13.2 Å². The Morgan fingerprint density at radius 3 is 2.33 bits per heavy atom. The lowest BCUT2D eigenvalue weighted by Gasteiger charge is -2.27. The molecule has 1 aliphatic rings. The first kappa shape index (κ1) is 27.7. The molecule has 3 unspecified atom stereocenters. The third-order valence-electron chi connectivity index (χ3n) is 4.01. The highest BCUT2D eigenvalue weighted by atomic mass is 31.3. The summed E-state index contributed by atoms with van der Waals surface area (Å²) >= 11 is 0. The molecule has 0 radical (unpaired) electrons. The van der Waals surface area contributed by atoms with Gasteiger partial charge in [0.25, 0.3) is 5.56 Å². The maximum Gasteiger partial charge on any atom is 0.490 e. The number of nitrogens with zero attached hydrogens (tertiary/aromatic N) is 1. The number of aliphatic hydroxyl groups is 2. The van der Waals surface area contributed by atoms with Gasteiger partial charge in [-0.1, -0.05) is 5.92 Å². The van der Waals surface area contributed by atoms with E-state index in [1.54, 1.807) is 10.9 Å². The third kappa shape index (κ3) is 6.32. The van der Waals surface area contributed by atoms with E-state index in [0.717, 1.165) is 6.92 Å². The Morgan fingerprint density at radius 2 is 1.82 bits per heavy atom. The Morgan fingerprint density at radius 1 is 1.24 bits per heavy atom. The van der Waals surface area contributed by atoms with Crippen molar-refractivity contribution in [1.82, 2.24) is 9.55 Å². The summed E-state index contributed by atoms with van der Waals surface area (Å²) in [6.45, 7) is 0.891. The molecule has 21 heteroatoms. The molecule has 0 aromatic carbocycles. The van der Waals surface area contributed by atoms with Crippen LogP contribution < -0.4 is 11.2 Å². The molecular weight excluding hydrogens is 524 g/mol. The monoisotopic (exact) mass is 540 g/mol. The summed E-state index contributed by atoms with van der Waals surface area (Å²) in [7, 11) is -17.2. The molecule has 7 N–H and O–H groups in total. The van der Waals surface area contributed by atoms with E-state index >= 15 is 0 Å². The van der Waals surface area contributed by atoms with Crippen LogP contribution in [0.15, 0.2) is 15.8 Å². The van der Waals surface area contributed by atoms with Gasteiger partial charge in [-0.15, -0.1) is 6.42 Å². The molecule has 33 heavy (non-hydrogen) atoms. The van der Waals surface area contributed by atoms with Crippen molar-refractivity contribution in [2.45, 2.75) is 37.1 Å². The molecule has 0 saturated carbocycles. The fourth-order valence-electron chi connectivity index (χ4n) is 2.73. The van der Waals surface area contributed by atoms with E-state index < -0.39 is 70.7 Å². The van der Waals surface area contributed by atoms with Crippen molar-refractivity contribution >= 4 is 23.5 Å². The number of aromatic amines is 1. The van der Waals surface area contributed by atoms with Gasteiger partial charge in [0.05, 0.1) is 12.3 Å². The lowest BCUT2D eigenvalue weighted by Crippen LogP contribution is -2.49. The van der Waals surface area contributed by atoms with Crippen LogP contribution in [0.2, 0.25) is 0 Å². The number of phosphoric ester groups is 1. The Balaban J connectivity index is 2.31. The third-order valence-corrected chi connectivity index (χ3v) is 7.94. The molecule has 0 bridgehead atoms. The Bertz CT molecular complexity index is 1220. The summed E-state index contributed by atoms with van der Waals surface area (Å²) < 4.78 is 64.7. The van der Waals surface area contributed by atoms with Gasteiger partial charge in [0.15, 0.2) is 11.8 Å². The lowest BCUT2D eigenvalue weighted by atomic mass is 9.93. The molecule has 0 spiro atoms. The van der Waals surface area contributed by atoms with Crippen molar-refractivity contribution in [3.8, 4) is 12.3 Å². The number of hydrogen-bond donors (Lipinski definition) is 7. The second kappa shape index (κ2) is 9.25. The number of phosphoric acid groups is 3. The number of halogens is 1. The quantitative estimate of drug-likeness (QED) is 0.139. The highest BCUT2D eigenvalue weighted by Gasteiger charge is 2.58. The first-order chi connectivity index (χ1) is 14.8. The minimum atomic E-state index is -5.85. The zero-order valence-corrected chi connectivity index (χ0v) is 18.7. The minimum absolute atomic E-state index is 0.275. The zero-order chi connectivity index (χ0) is 25.6. The average Bonchev–Trinajstić information content (AvgIpc) is 2.87. The summed E-state index contributed by atoms with van der Waals surface area (Å²) in [5.41, 5.74) is -5.54. The van der Waals surface area contributed by atoms with Gasteiger partial charge >= 0.3 is 29.2 Å². The van der Waals surface area contributed by atoms with Crippen LogP contribution in [0.3, 0.4) is 0 Å². The second-order valence-corrected chi connectivity index (χ2v) is 10.8. The number of rotatable bonds is 8. The van der Waals surface area contributed by atoms with E-state index in [1.807, 2.05) is 0 Å². The van der Waals surface area contributed by atoms with Gasteiger partial charge in [0.2, 0.25) is 5.82 Å². The molecule has 0 amide bonds. The fourth-order valence-corrected chi connectivity index (χ4v) is 5.93. The van der Waals surface area contributed by atoms with Crippen LogP contribution >= 0.6 is 23.5 Å². The summed E-state index contributed by atoms with van der Waals surface area (Å²) in [5, 5.41) is 21.0. The number of hydrogen-bond acceptors (Lipinski definition) is 11. The van der Waals surface area contributed by atoms with Crippen molar-refractivity contribution in [3.63, 3.8) is 0 Å². The Hall–Kier alpha value is -1.54. The number of ether oxygens (including phenoxy) is 1. The van der Waals surface area contributed by atoms with Crippen molar-refractivity contribution in [1.29, 1.82) is 0 Å². The zero-order valence-electron chi connectivity index (χ0n) is 16.0. The first-order valence-corrected chi connectivity index (χ1v) is 12.7. The van der Waals surface area contributed by atoms with Gasteiger partial charge in [-0.05, 0) is 6.92 Å². The number of aromatic nitrogens is 2. The topological polar surface area (TPSA) is 264 Å². The molecule has 1 saturated heterocycles. The van der Waals surface area contributed by atoms with Crippen LogP contribution in [0.25, 0.3) is 0 Å². The van der Waals surface area contributed by atoms with E-state index in [2.05, 4.69) is 13.1 Å². The van der Waals surface area contributed by atoms with Crippen LogP contribution in [0.4, 0.5) is 4.39 Å². The van der Waals surface area contributed by atoms with Crippen molar-refractivity contribution in [3.05, 3.63) is 32.9 Å². The smallest absolute Gasteiger partial charge is 0.386 e. The summed E-state index contributed by atoms with van der Waals surface area (Å²) in [4.78, 5) is 60.5. The van der Waals surface area contributed by atoms with Gasteiger partial charge in [-0.2, -0.15) is 13.0 Å². The molecule has 186 valence electrons. The Labute approximate surface area is 181 Å². The fraction of sp³-hybridized carbons (Fsp3) is 0.500. The molecule has 17 nitrogen and oxygen atoms in total. The maximum atomic E-state index is 13.6. The first-order valence-electron chi connectivity index (χ1n) is 8.19. The molecule has 7 atom stereocenters. The number of terminal acetylenes is 1. The normalized spacial score (nSPS) is 30.2. The van der Waals surface area contributed by atoms with Crippen LogP contribution in [-0.2, 0) is 31.6 Å². The van der Waals surface area contributed by atoms with E-state index in [9.17, 15) is 42.8 Å². The molecule has 2 heterocycles. The van der Waals surface area contributed by atoms with Crippen LogP contribution in [0.5, 0.6) is 0 Å². The van der Waals surface area contributed by atoms with E-state index in [0.29, 0.717) is 6.20 Å². The standard InChI is InChI=1S/C12H16FN2O15P3/c1-3-12(19)8(16)7(27-10(12)15-4-6(13)9(17)14-11(15)18)5(2)28-32(23,24)30-33(25,26)29-31(20,21)22/h1,4-5,7-8,10,16,19H,2H3,(H,23,24)(H,25,26)(H,14,17,18)(H2,20,21,22)/t5-,7-,8+,10-,12?/m1/s1. The number of nitrogens with one attached hydrogen (secondary N) is 1. The molecule has 1 fully saturated rings. The predicted molar refractivity (Wildman–Crippen MR) is 99.4 cm³/mol. The van der Waals surface area contributed by atoms with Gasteiger partial charge in [0.1, 0.15) is 12.2 Å². The predicted octanol–water partition coefficient (Wildman–Crippen LogP) is -1.97. The molecular formula is C12H16FN2O15P3. The molecule has 1 aromatic heterocycles. The second-order valence-electron chi connectivity index (χ2n) is 6.41. The molecule has 0 aliphatic carbocycles. The summed E-state index contributed by atoms with van der Waals surface area (Å²) in [5.74, 6) is 0.206. The van der Waals surface area contributed by atoms with Crippen molar-refractivity contribution in [2.24, 2.45) is 0 Å². The number of H-pyrrole nitrogens is 1. The van der Waals surface area contributed by atoms with E-state index in [-0.39, 0.29) is 4.57 Å². The lowest BCUT2D eigenvalue weighted by molar-refractivity contribution is -0.0872. The number of aliphatic hydroxyl groups excluding tert-OH is 1. The van der Waals surface area contributed by atoms with Crippen LogP contribution in [0, 0.1) is 18.2 Å². The van der Waals surface area contributed by atoms with Gasteiger partial charge < -0.3 is 34.5 Å². The van der Waals surface area contributed by atoms with E-state index in [4.69, 9.17) is 25.8 Å². The average molecular weight is 540 g/mol.